The molecule has 1 aliphatic rings. The third-order valence-electron chi connectivity index (χ3n) is 4.44. The molecule has 0 radical (unpaired) electrons. The molecule has 116 valence electrons. The van der Waals surface area contributed by atoms with Gasteiger partial charge in [-0.25, -0.2) is 0 Å². The number of rotatable bonds is 3. The molecule has 0 atom stereocenters. The van der Waals surface area contributed by atoms with Crippen LogP contribution in [0.2, 0.25) is 0 Å². The quantitative estimate of drug-likeness (QED) is 0.560. The average Bonchev–Trinajstić information content (AvgIpc) is 2.74. The Morgan fingerprint density at radius 3 is 1.90 bits per heavy atom. The van der Waals surface area contributed by atoms with Crippen molar-refractivity contribution in [1.82, 2.24) is 0 Å². The second kappa shape index (κ2) is 5.99. The van der Waals surface area contributed by atoms with Gasteiger partial charge in [0.15, 0.2) is 0 Å². The van der Waals surface area contributed by atoms with E-state index in [4.69, 9.17) is 0 Å². The Balaban J connectivity index is 2.12. The molecule has 1 aromatic rings. The van der Waals surface area contributed by atoms with E-state index in [0.717, 1.165) is 6.42 Å². The van der Waals surface area contributed by atoms with Gasteiger partial charge in [0.05, 0.1) is 0 Å². The Labute approximate surface area is 131 Å². The van der Waals surface area contributed by atoms with Gasteiger partial charge < -0.3 is 0 Å². The molecule has 0 aliphatic heterocycles. The predicted octanol–water partition coefficient (Wildman–Crippen LogP) is 6.44. The molecule has 1 aliphatic carbocycles. The summed E-state index contributed by atoms with van der Waals surface area (Å²) in [5.41, 5.74) is 7.03. The highest BCUT2D eigenvalue weighted by atomic mass is 14.3. The van der Waals surface area contributed by atoms with E-state index in [1.807, 2.05) is 0 Å². The monoisotopic (exact) mass is 284 g/mol. The molecule has 0 N–H and O–H groups in total. The zero-order valence-corrected chi connectivity index (χ0v) is 14.8. The Morgan fingerprint density at radius 2 is 1.38 bits per heavy atom. The van der Waals surface area contributed by atoms with Crippen LogP contribution in [0.3, 0.4) is 0 Å². The van der Waals surface area contributed by atoms with E-state index in [0.29, 0.717) is 5.41 Å². The van der Waals surface area contributed by atoms with E-state index < -0.39 is 0 Å². The summed E-state index contributed by atoms with van der Waals surface area (Å²) in [6.07, 6.45) is 6.43. The van der Waals surface area contributed by atoms with Crippen LogP contribution in [0.4, 0.5) is 0 Å². The number of hydrogen-bond acceptors (Lipinski definition) is 0. The summed E-state index contributed by atoms with van der Waals surface area (Å²) in [4.78, 5) is 0. The molecule has 0 amide bonds. The minimum Gasteiger partial charge on any atom is -0.0701 e. The van der Waals surface area contributed by atoms with Gasteiger partial charge in [0.2, 0.25) is 0 Å². The molecule has 0 fully saturated rings. The van der Waals surface area contributed by atoms with Crippen LogP contribution in [0.25, 0.3) is 0 Å². The van der Waals surface area contributed by atoms with Gasteiger partial charge in [-0.2, -0.15) is 0 Å². The summed E-state index contributed by atoms with van der Waals surface area (Å²) in [5.74, 6) is 0. The Hall–Kier alpha value is -1.04. The zero-order chi connectivity index (χ0) is 15.7. The van der Waals surface area contributed by atoms with E-state index in [-0.39, 0.29) is 5.41 Å². The topological polar surface area (TPSA) is 0 Å². The summed E-state index contributed by atoms with van der Waals surface area (Å²) >= 11 is 0. The van der Waals surface area contributed by atoms with Gasteiger partial charge >= 0.3 is 0 Å². The first-order chi connectivity index (χ1) is 9.65. The fourth-order valence-electron chi connectivity index (χ4n) is 3.30. The predicted molar refractivity (Wildman–Crippen MR) is 93.8 cm³/mol. The second-order valence-electron chi connectivity index (χ2n) is 8.92. The molecule has 0 heteroatoms. The molecule has 2 rings (SSSR count). The smallest absolute Gasteiger partial charge is 0.00644 e. The van der Waals surface area contributed by atoms with E-state index in [1.54, 1.807) is 11.1 Å². The molecular formula is C21H32. The van der Waals surface area contributed by atoms with Crippen molar-refractivity contribution in [3.8, 4) is 0 Å². The van der Waals surface area contributed by atoms with Crippen LogP contribution in [0.5, 0.6) is 0 Å². The lowest BCUT2D eigenvalue weighted by Crippen LogP contribution is -2.10. The first-order valence-corrected chi connectivity index (χ1v) is 8.44. The van der Waals surface area contributed by atoms with Crippen LogP contribution in [0.15, 0.2) is 35.4 Å². The highest BCUT2D eigenvalue weighted by Gasteiger charge is 2.20. The van der Waals surface area contributed by atoms with Gasteiger partial charge in [-0.1, -0.05) is 77.0 Å². The summed E-state index contributed by atoms with van der Waals surface area (Å²) in [6, 6.07) is 9.30. The fourth-order valence-corrected chi connectivity index (χ4v) is 3.30. The maximum Gasteiger partial charge on any atom is -0.00644 e. The summed E-state index contributed by atoms with van der Waals surface area (Å²) in [7, 11) is 0. The molecule has 0 spiro atoms. The fraction of sp³-hybridized carbons (Fsp3) is 0.619. The van der Waals surface area contributed by atoms with Gasteiger partial charge in [-0.3, -0.25) is 0 Å². The number of hydrogen-bond donors (Lipinski definition) is 0. The third-order valence-corrected chi connectivity index (χ3v) is 4.44. The first-order valence-electron chi connectivity index (χ1n) is 8.44. The summed E-state index contributed by atoms with van der Waals surface area (Å²) in [5, 5.41) is 0. The number of benzene rings is 1. The third kappa shape index (κ3) is 4.73. The van der Waals surface area contributed by atoms with Crippen molar-refractivity contribution in [3.63, 3.8) is 0 Å². The molecule has 0 aromatic heterocycles. The Bertz CT molecular complexity index is 500. The average molecular weight is 284 g/mol. The summed E-state index contributed by atoms with van der Waals surface area (Å²) < 4.78 is 0. The zero-order valence-electron chi connectivity index (χ0n) is 14.8. The van der Waals surface area contributed by atoms with Crippen molar-refractivity contribution in [1.29, 1.82) is 0 Å². The lowest BCUT2D eigenvalue weighted by Gasteiger charge is -2.21. The Kier molecular flexibility index (Phi) is 4.66. The van der Waals surface area contributed by atoms with Crippen molar-refractivity contribution in [2.45, 2.75) is 79.1 Å². The lowest BCUT2D eigenvalue weighted by atomic mass is 9.85. The highest BCUT2D eigenvalue weighted by Crippen LogP contribution is 2.36. The standard InChI is InChI=1S/C21H32/c1-20(2,3)15-18-9-7-8-17(18)14-16-10-12-19(13-11-16)21(4,5)6/h10-13H,7-9,14-15H2,1-6H3. The van der Waals surface area contributed by atoms with E-state index in [1.165, 1.54) is 36.8 Å². The maximum atomic E-state index is 2.36. The molecule has 21 heavy (non-hydrogen) atoms. The van der Waals surface area contributed by atoms with Crippen molar-refractivity contribution < 1.29 is 0 Å². The second-order valence-corrected chi connectivity index (χ2v) is 8.92. The largest absolute Gasteiger partial charge is 0.0701 e. The van der Waals surface area contributed by atoms with Crippen molar-refractivity contribution in [3.05, 3.63) is 46.5 Å². The normalized spacial score (nSPS) is 16.7. The van der Waals surface area contributed by atoms with Crippen LogP contribution in [-0.4, -0.2) is 0 Å². The van der Waals surface area contributed by atoms with Crippen LogP contribution in [0, 0.1) is 5.41 Å². The van der Waals surface area contributed by atoms with E-state index >= 15 is 0 Å². The minimum atomic E-state index is 0.253. The van der Waals surface area contributed by atoms with E-state index in [2.05, 4.69) is 65.8 Å². The van der Waals surface area contributed by atoms with Crippen LogP contribution in [0.1, 0.15) is 78.4 Å². The molecule has 0 saturated heterocycles. The van der Waals surface area contributed by atoms with Crippen molar-refractivity contribution >= 4 is 0 Å². The molecule has 0 nitrogen and oxygen atoms in total. The van der Waals surface area contributed by atoms with Gasteiger partial charge in [0, 0.05) is 0 Å². The van der Waals surface area contributed by atoms with Gasteiger partial charge in [-0.15, -0.1) is 0 Å². The first kappa shape index (κ1) is 16.3. The molecular weight excluding hydrogens is 252 g/mol. The SMILES string of the molecule is CC(C)(C)CC1=C(Cc2ccc(C(C)(C)C)cc2)CCC1. The van der Waals surface area contributed by atoms with Crippen molar-refractivity contribution in [2.24, 2.45) is 5.41 Å². The summed E-state index contributed by atoms with van der Waals surface area (Å²) in [6.45, 7) is 13.9. The molecule has 0 unspecified atom stereocenters. The van der Waals surface area contributed by atoms with E-state index in [9.17, 15) is 0 Å². The molecule has 1 aromatic carbocycles. The van der Waals surface area contributed by atoms with Crippen LogP contribution in [-0.2, 0) is 11.8 Å². The molecule has 0 heterocycles. The maximum absolute atomic E-state index is 2.36. The molecule has 0 saturated carbocycles. The minimum absolute atomic E-state index is 0.253. The number of allylic oxidation sites excluding steroid dienone is 2. The Morgan fingerprint density at radius 1 is 0.810 bits per heavy atom. The molecule has 0 bridgehead atoms. The lowest BCUT2D eigenvalue weighted by molar-refractivity contribution is 0.405. The van der Waals surface area contributed by atoms with Crippen LogP contribution >= 0.6 is 0 Å². The van der Waals surface area contributed by atoms with Crippen LogP contribution < -0.4 is 0 Å². The van der Waals surface area contributed by atoms with Crippen molar-refractivity contribution in [2.75, 3.05) is 0 Å². The highest BCUT2D eigenvalue weighted by molar-refractivity contribution is 5.32. The van der Waals surface area contributed by atoms with Gasteiger partial charge in [0.1, 0.15) is 0 Å². The van der Waals surface area contributed by atoms with Gasteiger partial charge in [-0.05, 0) is 54.1 Å². The van der Waals surface area contributed by atoms with Gasteiger partial charge in [0.25, 0.3) is 0 Å².